The fourth-order valence-corrected chi connectivity index (χ4v) is 11.3. The average Bonchev–Trinajstić information content (AvgIpc) is 3.61. The third-order valence-electron chi connectivity index (χ3n) is 14.0. The van der Waals surface area contributed by atoms with Crippen molar-refractivity contribution in [1.82, 2.24) is 0 Å². The lowest BCUT2D eigenvalue weighted by atomic mass is 9.41. The van der Waals surface area contributed by atoms with Crippen molar-refractivity contribution in [3.63, 3.8) is 0 Å². The number of esters is 1. The van der Waals surface area contributed by atoms with Gasteiger partial charge in [0.2, 0.25) is 0 Å². The van der Waals surface area contributed by atoms with Crippen molar-refractivity contribution in [3.8, 4) is 0 Å². The van der Waals surface area contributed by atoms with Gasteiger partial charge in [-0.3, -0.25) is 0 Å². The Morgan fingerprint density at radius 2 is 1.69 bits per heavy atom. The molecule has 0 aromatic heterocycles. The maximum Gasteiger partial charge on any atom is 0.331 e. The number of fused-ring (bicyclic) bond motifs is 5. The highest BCUT2D eigenvalue weighted by atomic mass is 16.7. The van der Waals surface area contributed by atoms with Gasteiger partial charge >= 0.3 is 5.97 Å². The first-order valence-corrected chi connectivity index (χ1v) is 17.9. The molecule has 6 fully saturated rings. The Bertz CT molecular complexity index is 1300. The largest absolute Gasteiger partial charge is 0.458 e. The highest BCUT2D eigenvalue weighted by molar-refractivity contribution is 5.85. The van der Waals surface area contributed by atoms with E-state index in [1.807, 2.05) is 0 Å². The lowest BCUT2D eigenvalue weighted by molar-refractivity contribution is -0.345. The summed E-state index contributed by atoms with van der Waals surface area (Å²) in [6.07, 6.45) is -4.38. The van der Waals surface area contributed by atoms with Gasteiger partial charge in [0, 0.05) is 24.3 Å². The number of ether oxygens (including phenoxy) is 5. The molecule has 0 aromatic rings. The molecule has 4 saturated carbocycles. The number of aliphatic hydroxyl groups is 7. The maximum atomic E-state index is 13.2. The molecule has 0 radical (unpaired) electrons. The van der Waals surface area contributed by atoms with Gasteiger partial charge in [-0.15, -0.1) is 0 Å². The molecule has 7 N–H and O–H groups in total. The summed E-state index contributed by atoms with van der Waals surface area (Å²) < 4.78 is 28.9. The summed E-state index contributed by atoms with van der Waals surface area (Å²) in [6.45, 7) is 3.42. The van der Waals surface area contributed by atoms with Crippen molar-refractivity contribution < 1.29 is 69.0 Å². The summed E-state index contributed by atoms with van der Waals surface area (Å²) in [5.41, 5.74) is -2.94. The molecule has 0 unspecified atom stereocenters. The summed E-state index contributed by atoms with van der Waals surface area (Å²) in [5, 5.41) is 75.9. The molecule has 14 nitrogen and oxygen atoms in total. The van der Waals surface area contributed by atoms with Crippen molar-refractivity contribution in [3.05, 3.63) is 11.6 Å². The van der Waals surface area contributed by atoms with Crippen molar-refractivity contribution in [1.29, 1.82) is 0 Å². The van der Waals surface area contributed by atoms with Crippen LogP contribution in [0.15, 0.2) is 11.6 Å². The van der Waals surface area contributed by atoms with Crippen LogP contribution in [-0.4, -0.2) is 134 Å². The Morgan fingerprint density at radius 1 is 0.939 bits per heavy atom. The van der Waals surface area contributed by atoms with Crippen LogP contribution >= 0.6 is 0 Å². The number of carbonyl (C=O) groups is 2. The van der Waals surface area contributed by atoms with Crippen LogP contribution in [0.3, 0.4) is 0 Å². The highest BCUT2D eigenvalue weighted by Crippen LogP contribution is 2.70. The van der Waals surface area contributed by atoms with Gasteiger partial charge in [-0.05, 0) is 81.6 Å². The Hall–Kier alpha value is -1.56. The summed E-state index contributed by atoms with van der Waals surface area (Å²) in [5.74, 6) is -0.688. The SMILES string of the molecule is C[C@@H]1O[C@H](O[C@H]2CC[C@]3(C=O)[C@@H]4CC[C@]5(C)[C@H](C6=CC(=O)OC6)CC[C@@]5(O)[C@@H]4CC[C@@]3(O)C2)C[C@H](O)[C@H]1O[C@@H]1O[C@H](CO)[C@@H](O)[C@H](O)[C@H]1O. The number of carbonyl (C=O) groups excluding carboxylic acids is 2. The Balaban J connectivity index is 1.00. The van der Waals surface area contributed by atoms with E-state index >= 15 is 0 Å². The van der Waals surface area contributed by atoms with Crippen LogP contribution in [0.2, 0.25) is 0 Å². The first-order valence-electron chi connectivity index (χ1n) is 17.9. The fraction of sp³-hybridized carbons (Fsp3) is 0.886. The van der Waals surface area contributed by atoms with Crippen molar-refractivity contribution in [2.75, 3.05) is 13.2 Å². The molecule has 0 spiro atoms. The van der Waals surface area contributed by atoms with Crippen LogP contribution in [0.1, 0.15) is 78.1 Å². The van der Waals surface area contributed by atoms with Crippen molar-refractivity contribution in [2.45, 2.75) is 151 Å². The lowest BCUT2D eigenvalue weighted by Gasteiger charge is -2.65. The minimum absolute atomic E-state index is 0.00470. The molecule has 0 aromatic carbocycles. The van der Waals surface area contributed by atoms with Gasteiger partial charge in [-0.25, -0.2) is 4.79 Å². The topological polar surface area (TPSA) is 222 Å². The van der Waals surface area contributed by atoms with Gasteiger partial charge in [-0.2, -0.15) is 0 Å². The van der Waals surface area contributed by atoms with E-state index in [9.17, 15) is 45.3 Å². The van der Waals surface area contributed by atoms with Crippen LogP contribution in [0.4, 0.5) is 0 Å². The number of aliphatic hydroxyl groups excluding tert-OH is 5. The van der Waals surface area contributed by atoms with E-state index in [-0.39, 0.29) is 43.2 Å². The molecule has 49 heavy (non-hydrogen) atoms. The van der Waals surface area contributed by atoms with Gasteiger partial charge in [0.15, 0.2) is 12.6 Å². The van der Waals surface area contributed by atoms with E-state index in [2.05, 4.69) is 6.92 Å². The minimum Gasteiger partial charge on any atom is -0.458 e. The van der Waals surface area contributed by atoms with Gasteiger partial charge in [0.05, 0.1) is 41.5 Å². The standard InChI is InChI=1S/C35H52O14/c1-17-30(49-31-29(42)28(41)27(40)24(14-36)48-31)23(38)12-26(46-17)47-19-3-8-33(16-37)21-4-7-32(2)20(18-11-25(39)45-15-18)6-10-35(32,44)22(21)5-9-34(33,43)13-19/h11,16-17,19-24,26-31,36,38,40-44H,3-10,12-15H2,1-2H3/t17-,19-,20-,21+,22+,23-,24+,26+,27+,28-,29+,30-,31-,32+,33-,34+,35+/m0/s1. The van der Waals surface area contributed by atoms with Gasteiger partial charge < -0.3 is 64.2 Å². The Labute approximate surface area is 285 Å². The quantitative estimate of drug-likeness (QED) is 0.102. The molecule has 17 atom stereocenters. The monoisotopic (exact) mass is 696 g/mol. The molecule has 2 saturated heterocycles. The van der Waals surface area contributed by atoms with Crippen LogP contribution in [-0.2, 0) is 33.3 Å². The van der Waals surface area contributed by atoms with E-state index in [4.69, 9.17) is 23.7 Å². The Kier molecular flexibility index (Phi) is 9.38. The van der Waals surface area contributed by atoms with Crippen LogP contribution < -0.4 is 0 Å². The zero-order valence-corrected chi connectivity index (χ0v) is 28.1. The molecular weight excluding hydrogens is 644 g/mol. The highest BCUT2D eigenvalue weighted by Gasteiger charge is 2.71. The van der Waals surface area contributed by atoms with Crippen LogP contribution in [0.25, 0.3) is 0 Å². The molecule has 3 heterocycles. The third-order valence-corrected chi connectivity index (χ3v) is 14.0. The predicted molar refractivity (Wildman–Crippen MR) is 166 cm³/mol. The van der Waals surface area contributed by atoms with E-state index in [0.29, 0.717) is 44.9 Å². The van der Waals surface area contributed by atoms with Gasteiger partial charge in [0.25, 0.3) is 0 Å². The lowest BCUT2D eigenvalue weighted by Crippen LogP contribution is -2.69. The minimum atomic E-state index is -1.62. The molecule has 7 aliphatic rings. The molecule has 4 aliphatic carbocycles. The zero-order valence-electron chi connectivity index (χ0n) is 28.1. The van der Waals surface area contributed by atoms with Crippen LogP contribution in [0.5, 0.6) is 0 Å². The number of aldehydes is 1. The number of hydrogen-bond acceptors (Lipinski definition) is 14. The third kappa shape index (κ3) is 5.47. The van der Waals surface area contributed by atoms with Crippen molar-refractivity contribution in [2.24, 2.45) is 28.6 Å². The van der Waals surface area contributed by atoms with Crippen molar-refractivity contribution >= 4 is 12.3 Å². The first kappa shape index (κ1) is 35.8. The maximum absolute atomic E-state index is 13.2. The normalized spacial score (nSPS) is 54.3. The fourth-order valence-electron chi connectivity index (χ4n) is 11.3. The second kappa shape index (κ2) is 12.8. The molecular formula is C35H52O14. The molecule has 7 rings (SSSR count). The second-order valence-electron chi connectivity index (χ2n) is 16.1. The second-order valence-corrected chi connectivity index (χ2v) is 16.1. The number of hydrogen-bond donors (Lipinski definition) is 7. The molecule has 0 amide bonds. The number of rotatable bonds is 7. The molecule has 276 valence electrons. The summed E-state index contributed by atoms with van der Waals surface area (Å²) in [4.78, 5) is 25.0. The van der Waals surface area contributed by atoms with E-state index in [1.54, 1.807) is 13.0 Å². The molecule has 0 bridgehead atoms. The van der Waals surface area contributed by atoms with E-state index in [1.165, 1.54) is 0 Å². The smallest absolute Gasteiger partial charge is 0.331 e. The van der Waals surface area contributed by atoms with Gasteiger partial charge in [0.1, 0.15) is 43.4 Å². The summed E-state index contributed by atoms with van der Waals surface area (Å²) >= 11 is 0. The Morgan fingerprint density at radius 3 is 2.37 bits per heavy atom. The molecule has 3 aliphatic heterocycles. The molecule has 14 heteroatoms. The number of cyclic esters (lactones) is 1. The average molecular weight is 697 g/mol. The zero-order chi connectivity index (χ0) is 35.1. The van der Waals surface area contributed by atoms with Gasteiger partial charge in [-0.1, -0.05) is 6.92 Å². The first-order chi connectivity index (χ1) is 23.2. The van der Waals surface area contributed by atoms with E-state index in [0.717, 1.165) is 18.3 Å². The van der Waals surface area contributed by atoms with Crippen LogP contribution in [0, 0.1) is 28.6 Å². The summed E-state index contributed by atoms with van der Waals surface area (Å²) in [6, 6.07) is 0. The summed E-state index contributed by atoms with van der Waals surface area (Å²) in [7, 11) is 0. The van der Waals surface area contributed by atoms with E-state index < -0.39 is 90.1 Å². The predicted octanol–water partition coefficient (Wildman–Crippen LogP) is -0.397.